The number of hydrogen-bond acceptors (Lipinski definition) is 3. The van der Waals surface area contributed by atoms with Crippen molar-refractivity contribution in [3.63, 3.8) is 0 Å². The van der Waals surface area contributed by atoms with Gasteiger partial charge in [-0.2, -0.15) is 0 Å². The summed E-state index contributed by atoms with van der Waals surface area (Å²) in [6.07, 6.45) is 4.02. The van der Waals surface area contributed by atoms with E-state index in [2.05, 4.69) is 31.0 Å². The molecule has 0 aliphatic carbocycles. The minimum atomic E-state index is 0.638. The highest BCUT2D eigenvalue weighted by atomic mass is 16.5. The van der Waals surface area contributed by atoms with Crippen molar-refractivity contribution in [3.05, 3.63) is 0 Å². The highest BCUT2D eigenvalue weighted by Gasteiger charge is 2.32. The minimum absolute atomic E-state index is 0.638. The fourth-order valence-electron chi connectivity index (χ4n) is 2.89. The van der Waals surface area contributed by atoms with Gasteiger partial charge in [0, 0.05) is 38.3 Å². The molecule has 1 fully saturated rings. The molecule has 0 aromatic carbocycles. The third kappa shape index (κ3) is 3.72. The first-order chi connectivity index (χ1) is 7.70. The van der Waals surface area contributed by atoms with Crippen molar-refractivity contribution in [2.24, 2.45) is 0 Å². The third-order valence-electron chi connectivity index (χ3n) is 3.75. The van der Waals surface area contributed by atoms with Gasteiger partial charge in [0.2, 0.25) is 0 Å². The number of hydrogen-bond donors (Lipinski definition) is 1. The normalized spacial score (nSPS) is 28.5. The molecule has 0 aromatic rings. The van der Waals surface area contributed by atoms with Crippen molar-refractivity contribution in [2.45, 2.75) is 58.2 Å². The molecule has 3 nitrogen and oxygen atoms in total. The van der Waals surface area contributed by atoms with Crippen LogP contribution in [0.1, 0.15) is 40.0 Å². The molecule has 1 aliphatic rings. The number of methoxy groups -OCH3 is 1. The van der Waals surface area contributed by atoms with E-state index in [-0.39, 0.29) is 0 Å². The largest absolute Gasteiger partial charge is 0.383 e. The van der Waals surface area contributed by atoms with E-state index < -0.39 is 0 Å². The summed E-state index contributed by atoms with van der Waals surface area (Å²) >= 11 is 0. The van der Waals surface area contributed by atoms with Crippen molar-refractivity contribution in [1.29, 1.82) is 0 Å². The molecule has 0 amide bonds. The van der Waals surface area contributed by atoms with E-state index in [4.69, 9.17) is 4.74 Å². The Hall–Kier alpha value is -0.120. The van der Waals surface area contributed by atoms with Crippen LogP contribution in [0.3, 0.4) is 0 Å². The Morgan fingerprint density at radius 1 is 1.44 bits per heavy atom. The summed E-state index contributed by atoms with van der Waals surface area (Å²) < 4.78 is 5.04. The molecule has 1 N–H and O–H groups in total. The van der Waals surface area contributed by atoms with Crippen molar-refractivity contribution < 1.29 is 4.74 Å². The third-order valence-corrected chi connectivity index (χ3v) is 3.75. The first kappa shape index (κ1) is 13.9. The van der Waals surface area contributed by atoms with Crippen molar-refractivity contribution in [1.82, 2.24) is 10.2 Å². The molecule has 1 heterocycles. The maximum absolute atomic E-state index is 5.04. The second-order valence-electron chi connectivity index (χ2n) is 4.98. The summed E-state index contributed by atoms with van der Waals surface area (Å²) in [6, 6.07) is 2.19. The maximum atomic E-state index is 5.04. The van der Waals surface area contributed by atoms with Crippen molar-refractivity contribution in [2.75, 3.05) is 26.8 Å². The van der Waals surface area contributed by atoms with E-state index in [1.165, 1.54) is 19.3 Å². The van der Waals surface area contributed by atoms with Crippen LogP contribution in [0.5, 0.6) is 0 Å². The number of nitrogens with zero attached hydrogens (tertiary/aromatic N) is 1. The summed E-state index contributed by atoms with van der Waals surface area (Å²) in [5.41, 5.74) is 0. The predicted molar refractivity (Wildman–Crippen MR) is 68.8 cm³/mol. The van der Waals surface area contributed by atoms with Crippen LogP contribution >= 0.6 is 0 Å². The van der Waals surface area contributed by atoms with Crippen LogP contribution < -0.4 is 5.32 Å². The molecule has 16 heavy (non-hydrogen) atoms. The monoisotopic (exact) mass is 228 g/mol. The Balaban J connectivity index is 2.30. The summed E-state index contributed by atoms with van der Waals surface area (Å²) in [6.45, 7) is 9.84. The van der Waals surface area contributed by atoms with Crippen molar-refractivity contribution in [3.8, 4) is 0 Å². The summed E-state index contributed by atoms with van der Waals surface area (Å²) in [5.74, 6) is 0. The van der Waals surface area contributed by atoms with E-state index >= 15 is 0 Å². The fourth-order valence-corrected chi connectivity index (χ4v) is 2.89. The zero-order valence-corrected chi connectivity index (χ0v) is 11.3. The van der Waals surface area contributed by atoms with Crippen molar-refractivity contribution >= 4 is 0 Å². The zero-order chi connectivity index (χ0) is 12.0. The second-order valence-corrected chi connectivity index (χ2v) is 4.98. The van der Waals surface area contributed by atoms with Gasteiger partial charge in [0.05, 0.1) is 6.61 Å². The van der Waals surface area contributed by atoms with Crippen LogP contribution in [0, 0.1) is 0 Å². The summed E-state index contributed by atoms with van der Waals surface area (Å²) in [5, 5.41) is 3.46. The van der Waals surface area contributed by atoms with Gasteiger partial charge < -0.3 is 10.1 Å². The maximum Gasteiger partial charge on any atom is 0.0587 e. The first-order valence-corrected chi connectivity index (χ1v) is 6.67. The van der Waals surface area contributed by atoms with E-state index in [9.17, 15) is 0 Å². The Morgan fingerprint density at radius 2 is 2.19 bits per heavy atom. The van der Waals surface area contributed by atoms with Gasteiger partial charge in [0.25, 0.3) is 0 Å². The Kier molecular flexibility index (Phi) is 6.32. The molecule has 0 aromatic heterocycles. The average molecular weight is 228 g/mol. The van der Waals surface area contributed by atoms with Crippen LogP contribution in [-0.2, 0) is 4.74 Å². The molecule has 0 bridgehead atoms. The lowest BCUT2D eigenvalue weighted by molar-refractivity contribution is 0.137. The molecule has 0 spiro atoms. The van der Waals surface area contributed by atoms with Crippen LogP contribution in [-0.4, -0.2) is 49.8 Å². The minimum Gasteiger partial charge on any atom is -0.383 e. The lowest BCUT2D eigenvalue weighted by Crippen LogP contribution is -2.46. The Labute approximate surface area is 101 Å². The van der Waals surface area contributed by atoms with Crippen LogP contribution in [0.15, 0.2) is 0 Å². The number of rotatable bonds is 7. The van der Waals surface area contributed by atoms with E-state index in [0.29, 0.717) is 6.04 Å². The predicted octanol–water partition coefficient (Wildman–Crippen LogP) is 1.87. The lowest BCUT2D eigenvalue weighted by atomic mass is 10.1. The van der Waals surface area contributed by atoms with Gasteiger partial charge in [0.1, 0.15) is 0 Å². The Morgan fingerprint density at radius 3 is 2.81 bits per heavy atom. The number of nitrogens with one attached hydrogen (secondary N) is 1. The van der Waals surface area contributed by atoms with Gasteiger partial charge in [-0.1, -0.05) is 6.92 Å². The highest BCUT2D eigenvalue weighted by Crippen LogP contribution is 2.27. The van der Waals surface area contributed by atoms with Gasteiger partial charge in [-0.3, -0.25) is 4.90 Å². The van der Waals surface area contributed by atoms with E-state index in [1.54, 1.807) is 7.11 Å². The molecular weight excluding hydrogens is 200 g/mol. The average Bonchev–Trinajstić information content (AvgIpc) is 2.65. The topological polar surface area (TPSA) is 24.5 Å². The van der Waals surface area contributed by atoms with E-state index in [0.717, 1.165) is 31.8 Å². The zero-order valence-electron chi connectivity index (χ0n) is 11.3. The molecule has 0 radical (unpaired) electrons. The standard InChI is InChI=1S/C13H28N2O/c1-5-13-7-6-11(2)15(13)12(3)10-14-8-9-16-4/h11-14H,5-10H2,1-4H3. The molecule has 1 aliphatic heterocycles. The molecular formula is C13H28N2O. The number of ether oxygens (including phenoxy) is 1. The molecule has 0 saturated carbocycles. The SMILES string of the molecule is CCC1CCC(C)N1C(C)CNCCOC. The molecule has 3 heteroatoms. The molecule has 96 valence electrons. The molecule has 1 rings (SSSR count). The smallest absolute Gasteiger partial charge is 0.0587 e. The van der Waals surface area contributed by atoms with Crippen LogP contribution in [0.2, 0.25) is 0 Å². The number of likely N-dealkylation sites (tertiary alicyclic amines) is 1. The quantitative estimate of drug-likeness (QED) is 0.673. The van der Waals surface area contributed by atoms with E-state index in [1.807, 2.05) is 0 Å². The lowest BCUT2D eigenvalue weighted by Gasteiger charge is -2.34. The molecule has 1 saturated heterocycles. The molecule has 3 unspecified atom stereocenters. The van der Waals surface area contributed by atoms with Gasteiger partial charge >= 0.3 is 0 Å². The Bertz CT molecular complexity index is 187. The first-order valence-electron chi connectivity index (χ1n) is 6.67. The van der Waals surface area contributed by atoms with Gasteiger partial charge in [-0.15, -0.1) is 0 Å². The van der Waals surface area contributed by atoms with Crippen LogP contribution in [0.25, 0.3) is 0 Å². The second kappa shape index (κ2) is 7.25. The van der Waals surface area contributed by atoms with Gasteiger partial charge in [0.15, 0.2) is 0 Å². The molecule has 3 atom stereocenters. The highest BCUT2D eigenvalue weighted by molar-refractivity contribution is 4.88. The summed E-state index contributed by atoms with van der Waals surface area (Å²) in [7, 11) is 1.75. The van der Waals surface area contributed by atoms with Crippen LogP contribution in [0.4, 0.5) is 0 Å². The van der Waals surface area contributed by atoms with Gasteiger partial charge in [-0.25, -0.2) is 0 Å². The van der Waals surface area contributed by atoms with Gasteiger partial charge in [-0.05, 0) is 33.1 Å². The fraction of sp³-hybridized carbons (Fsp3) is 1.00. The summed E-state index contributed by atoms with van der Waals surface area (Å²) in [4.78, 5) is 2.69.